The molecule has 0 N–H and O–H groups in total. The van der Waals surface area contributed by atoms with Gasteiger partial charge in [-0.1, -0.05) is 18.2 Å². The van der Waals surface area contributed by atoms with E-state index in [4.69, 9.17) is 9.72 Å². The van der Waals surface area contributed by atoms with Gasteiger partial charge in [0.1, 0.15) is 17.1 Å². The molecule has 0 spiro atoms. The molecule has 3 aromatic rings. The summed E-state index contributed by atoms with van der Waals surface area (Å²) >= 11 is 0. The van der Waals surface area contributed by atoms with Crippen molar-refractivity contribution in [2.24, 2.45) is 13.0 Å². The number of amides is 1. The monoisotopic (exact) mass is 378 g/mol. The lowest BCUT2D eigenvalue weighted by atomic mass is 10.0. The van der Waals surface area contributed by atoms with Gasteiger partial charge in [0.05, 0.1) is 7.11 Å². The van der Waals surface area contributed by atoms with Crippen molar-refractivity contribution in [1.29, 1.82) is 0 Å². The minimum absolute atomic E-state index is 0.222. The zero-order chi connectivity index (χ0) is 19.5. The van der Waals surface area contributed by atoms with E-state index in [9.17, 15) is 4.79 Å². The summed E-state index contributed by atoms with van der Waals surface area (Å²) in [5.74, 6) is 2.57. The van der Waals surface area contributed by atoms with Gasteiger partial charge in [-0.3, -0.25) is 4.79 Å². The highest BCUT2D eigenvalue weighted by atomic mass is 16.5. The van der Waals surface area contributed by atoms with Crippen LogP contribution < -0.4 is 4.74 Å². The van der Waals surface area contributed by atoms with Crippen LogP contribution in [0.1, 0.15) is 24.2 Å². The lowest BCUT2D eigenvalue weighted by Crippen LogP contribution is -2.29. The van der Waals surface area contributed by atoms with E-state index in [2.05, 4.69) is 9.55 Å². The molecule has 2 aromatic heterocycles. The molecular formula is C22H26N4O2. The fraction of sp³-hybridized carbons (Fsp3) is 0.409. The fourth-order valence-corrected chi connectivity index (χ4v) is 4.05. The van der Waals surface area contributed by atoms with Crippen LogP contribution in [-0.4, -0.2) is 45.5 Å². The third-order valence-electron chi connectivity index (χ3n) is 5.63. The van der Waals surface area contributed by atoms with Gasteiger partial charge in [-0.05, 0) is 42.5 Å². The number of aromatic nitrogens is 3. The number of para-hydroxylation sites is 1. The van der Waals surface area contributed by atoms with Crippen molar-refractivity contribution < 1.29 is 9.53 Å². The Bertz CT molecular complexity index is 982. The van der Waals surface area contributed by atoms with E-state index in [1.165, 1.54) is 0 Å². The lowest BCUT2D eigenvalue weighted by Gasteiger charge is -2.17. The summed E-state index contributed by atoms with van der Waals surface area (Å²) in [5, 5.41) is 0. The van der Waals surface area contributed by atoms with Gasteiger partial charge in [-0.15, -0.1) is 0 Å². The maximum atomic E-state index is 12.7. The number of benzene rings is 1. The van der Waals surface area contributed by atoms with Gasteiger partial charge in [-0.25, -0.2) is 9.97 Å². The number of rotatable bonds is 6. The number of imidazole rings is 1. The van der Waals surface area contributed by atoms with Crippen LogP contribution in [0.3, 0.4) is 0 Å². The van der Waals surface area contributed by atoms with E-state index in [1.807, 2.05) is 48.3 Å². The van der Waals surface area contributed by atoms with Crippen molar-refractivity contribution >= 4 is 17.1 Å². The maximum absolute atomic E-state index is 12.7. The van der Waals surface area contributed by atoms with E-state index >= 15 is 0 Å². The predicted octanol–water partition coefficient (Wildman–Crippen LogP) is 3.00. The molecule has 146 valence electrons. The standard InChI is InChI=1S/C22H26N4O2/c1-25-20(24-18-7-5-12-23-22(18)25)14-16-11-13-26(15-16)21(27)10-9-17-6-3-4-8-19(17)28-2/h3-8,12,16H,9-11,13-15H2,1-2H3/t16-/m0/s1. The number of likely N-dealkylation sites (tertiary alicyclic amines) is 1. The first-order valence-electron chi connectivity index (χ1n) is 9.81. The van der Waals surface area contributed by atoms with Crippen molar-refractivity contribution in [2.75, 3.05) is 20.2 Å². The zero-order valence-corrected chi connectivity index (χ0v) is 16.5. The second-order valence-electron chi connectivity index (χ2n) is 7.44. The van der Waals surface area contributed by atoms with Crippen LogP contribution in [0.4, 0.5) is 0 Å². The molecule has 0 saturated carbocycles. The number of aryl methyl sites for hydroxylation is 2. The molecule has 1 fully saturated rings. The average molecular weight is 378 g/mol. The number of carbonyl (C=O) groups excluding carboxylic acids is 1. The first kappa shape index (κ1) is 18.5. The number of pyridine rings is 1. The average Bonchev–Trinajstić information content (AvgIpc) is 3.32. The molecular weight excluding hydrogens is 352 g/mol. The molecule has 1 amide bonds. The van der Waals surface area contributed by atoms with Crippen LogP contribution in [0.15, 0.2) is 42.6 Å². The molecule has 1 aliphatic heterocycles. The van der Waals surface area contributed by atoms with Crippen molar-refractivity contribution in [1.82, 2.24) is 19.4 Å². The van der Waals surface area contributed by atoms with E-state index in [0.717, 1.165) is 54.2 Å². The molecule has 1 aromatic carbocycles. The van der Waals surface area contributed by atoms with Gasteiger partial charge >= 0.3 is 0 Å². The van der Waals surface area contributed by atoms with E-state index in [0.29, 0.717) is 18.8 Å². The highest BCUT2D eigenvalue weighted by Crippen LogP contribution is 2.24. The number of carbonyl (C=O) groups is 1. The summed E-state index contributed by atoms with van der Waals surface area (Å²) < 4.78 is 7.45. The van der Waals surface area contributed by atoms with Crippen LogP contribution >= 0.6 is 0 Å². The number of hydrogen-bond donors (Lipinski definition) is 0. The summed E-state index contributed by atoms with van der Waals surface area (Å²) in [6.45, 7) is 1.64. The van der Waals surface area contributed by atoms with E-state index < -0.39 is 0 Å². The third-order valence-corrected chi connectivity index (χ3v) is 5.63. The van der Waals surface area contributed by atoms with E-state index in [1.54, 1.807) is 13.3 Å². The van der Waals surface area contributed by atoms with Crippen molar-refractivity contribution in [3.63, 3.8) is 0 Å². The first-order chi connectivity index (χ1) is 13.7. The van der Waals surface area contributed by atoms with Crippen molar-refractivity contribution in [2.45, 2.75) is 25.7 Å². The topological polar surface area (TPSA) is 60.2 Å². The molecule has 1 aliphatic rings. The van der Waals surface area contributed by atoms with Crippen molar-refractivity contribution in [3.8, 4) is 5.75 Å². The molecule has 6 heteroatoms. The highest BCUT2D eigenvalue weighted by Gasteiger charge is 2.27. The number of ether oxygens (including phenoxy) is 1. The Morgan fingerprint density at radius 1 is 1.25 bits per heavy atom. The van der Waals surface area contributed by atoms with E-state index in [-0.39, 0.29) is 5.91 Å². The second kappa shape index (κ2) is 8.00. The van der Waals surface area contributed by atoms with Gasteiger partial charge in [0.2, 0.25) is 5.91 Å². The lowest BCUT2D eigenvalue weighted by molar-refractivity contribution is -0.130. The Morgan fingerprint density at radius 3 is 2.93 bits per heavy atom. The number of methoxy groups -OCH3 is 1. The molecule has 1 atom stereocenters. The Balaban J connectivity index is 1.34. The van der Waals surface area contributed by atoms with Gasteiger partial charge in [0.25, 0.3) is 0 Å². The van der Waals surface area contributed by atoms with Gasteiger partial charge in [0, 0.05) is 39.2 Å². The van der Waals surface area contributed by atoms with Crippen LogP contribution in [0.5, 0.6) is 5.75 Å². The van der Waals surface area contributed by atoms with Crippen LogP contribution in [-0.2, 0) is 24.7 Å². The summed E-state index contributed by atoms with van der Waals surface area (Å²) in [6, 6.07) is 11.8. The minimum atomic E-state index is 0.222. The minimum Gasteiger partial charge on any atom is -0.496 e. The number of hydrogen-bond acceptors (Lipinski definition) is 4. The number of nitrogens with zero attached hydrogens (tertiary/aromatic N) is 4. The molecule has 0 bridgehead atoms. The molecule has 28 heavy (non-hydrogen) atoms. The summed E-state index contributed by atoms with van der Waals surface area (Å²) in [4.78, 5) is 23.8. The molecule has 0 radical (unpaired) electrons. The largest absolute Gasteiger partial charge is 0.496 e. The molecule has 6 nitrogen and oxygen atoms in total. The predicted molar refractivity (Wildman–Crippen MR) is 108 cm³/mol. The van der Waals surface area contributed by atoms with Gasteiger partial charge < -0.3 is 14.2 Å². The second-order valence-corrected chi connectivity index (χ2v) is 7.44. The molecule has 0 unspecified atom stereocenters. The molecule has 1 saturated heterocycles. The Labute approximate surface area is 165 Å². The summed E-state index contributed by atoms with van der Waals surface area (Å²) in [5.41, 5.74) is 2.93. The van der Waals surface area contributed by atoms with Gasteiger partial charge in [-0.2, -0.15) is 0 Å². The quantitative estimate of drug-likeness (QED) is 0.662. The summed E-state index contributed by atoms with van der Waals surface area (Å²) in [6.07, 6.45) is 4.93. The third kappa shape index (κ3) is 3.72. The SMILES string of the molecule is COc1ccccc1CCC(=O)N1CC[C@@H](Cc2nc3cccnc3n2C)C1. The van der Waals surface area contributed by atoms with Crippen LogP contribution in [0.2, 0.25) is 0 Å². The van der Waals surface area contributed by atoms with Crippen molar-refractivity contribution in [3.05, 3.63) is 54.0 Å². The molecule has 4 rings (SSSR count). The Hall–Kier alpha value is -2.89. The molecule has 0 aliphatic carbocycles. The van der Waals surface area contributed by atoms with Crippen LogP contribution in [0.25, 0.3) is 11.2 Å². The first-order valence-corrected chi connectivity index (χ1v) is 9.81. The highest BCUT2D eigenvalue weighted by molar-refractivity contribution is 5.77. The fourth-order valence-electron chi connectivity index (χ4n) is 4.05. The van der Waals surface area contributed by atoms with Gasteiger partial charge in [0.15, 0.2) is 5.65 Å². The summed E-state index contributed by atoms with van der Waals surface area (Å²) in [7, 11) is 3.69. The maximum Gasteiger partial charge on any atom is 0.222 e. The number of fused-ring (bicyclic) bond motifs is 1. The van der Waals surface area contributed by atoms with Crippen LogP contribution in [0, 0.1) is 5.92 Å². The molecule has 3 heterocycles. The zero-order valence-electron chi connectivity index (χ0n) is 16.5. The Morgan fingerprint density at radius 2 is 2.11 bits per heavy atom. The smallest absolute Gasteiger partial charge is 0.222 e. The normalized spacial score (nSPS) is 16.6. The Kier molecular flexibility index (Phi) is 5.28.